The van der Waals surface area contributed by atoms with E-state index in [2.05, 4.69) is 27.7 Å². The first-order chi connectivity index (χ1) is 9.51. The Morgan fingerprint density at radius 1 is 0.750 bits per heavy atom. The van der Waals surface area contributed by atoms with Crippen LogP contribution in [0.15, 0.2) is 0 Å². The zero-order valence-electron chi connectivity index (χ0n) is 13.4. The van der Waals surface area contributed by atoms with Crippen molar-refractivity contribution in [2.24, 2.45) is 22.7 Å². The molecule has 0 amide bonds. The van der Waals surface area contributed by atoms with Crippen LogP contribution in [0.25, 0.3) is 0 Å². The van der Waals surface area contributed by atoms with Gasteiger partial charge >= 0.3 is 0 Å². The van der Waals surface area contributed by atoms with Crippen molar-refractivity contribution < 1.29 is 18.9 Å². The van der Waals surface area contributed by atoms with Crippen LogP contribution < -0.4 is 0 Å². The Morgan fingerprint density at radius 3 is 1.30 bits per heavy atom. The minimum Gasteiger partial charge on any atom is -0.380 e. The van der Waals surface area contributed by atoms with Gasteiger partial charge in [0.15, 0.2) is 0 Å². The highest BCUT2D eigenvalue weighted by atomic mass is 16.5. The molecule has 0 spiro atoms. The van der Waals surface area contributed by atoms with E-state index in [9.17, 15) is 0 Å². The van der Waals surface area contributed by atoms with Gasteiger partial charge in [-0.2, -0.15) is 0 Å². The SMILES string of the molecule is CC(C)C1(COCCOCC2(C(C)C)COC2)COC1. The molecule has 0 atom stereocenters. The molecular weight excluding hydrogens is 256 g/mol. The van der Waals surface area contributed by atoms with Gasteiger partial charge in [0.1, 0.15) is 0 Å². The second kappa shape index (κ2) is 6.73. The van der Waals surface area contributed by atoms with E-state index in [0.29, 0.717) is 25.0 Å². The van der Waals surface area contributed by atoms with Gasteiger partial charge in [-0.3, -0.25) is 0 Å². The molecule has 4 heteroatoms. The van der Waals surface area contributed by atoms with E-state index in [1.807, 2.05) is 0 Å². The van der Waals surface area contributed by atoms with E-state index in [1.54, 1.807) is 0 Å². The standard InChI is InChI=1S/C16H30O4/c1-13(2)15(9-19-10-15)7-17-5-6-18-8-16(14(3)4)11-20-12-16/h13-14H,5-12H2,1-4H3. The quantitative estimate of drug-likeness (QED) is 0.610. The molecule has 4 nitrogen and oxygen atoms in total. The first kappa shape index (κ1) is 16.2. The molecule has 0 aromatic carbocycles. The Labute approximate surface area is 123 Å². The zero-order chi connectivity index (χ0) is 14.6. The van der Waals surface area contributed by atoms with Crippen molar-refractivity contribution in [3.05, 3.63) is 0 Å². The minimum absolute atomic E-state index is 0.237. The second-order valence-corrected chi connectivity index (χ2v) is 7.12. The Morgan fingerprint density at radius 2 is 1.10 bits per heavy atom. The molecule has 0 saturated carbocycles. The van der Waals surface area contributed by atoms with Crippen molar-refractivity contribution in [1.29, 1.82) is 0 Å². The molecule has 2 heterocycles. The molecule has 2 fully saturated rings. The third-order valence-electron chi connectivity index (χ3n) is 5.16. The molecule has 0 bridgehead atoms. The number of ether oxygens (including phenoxy) is 4. The summed E-state index contributed by atoms with van der Waals surface area (Å²) in [6, 6.07) is 0. The van der Waals surface area contributed by atoms with Gasteiger partial charge in [0.2, 0.25) is 0 Å². The summed E-state index contributed by atoms with van der Waals surface area (Å²) in [4.78, 5) is 0. The lowest BCUT2D eigenvalue weighted by molar-refractivity contribution is -0.184. The van der Waals surface area contributed by atoms with Gasteiger partial charge in [-0.25, -0.2) is 0 Å². The first-order valence-electron chi connectivity index (χ1n) is 7.82. The highest BCUT2D eigenvalue weighted by molar-refractivity contribution is 4.89. The number of hydrogen-bond donors (Lipinski definition) is 0. The fourth-order valence-corrected chi connectivity index (χ4v) is 2.56. The summed E-state index contributed by atoms with van der Waals surface area (Å²) in [6.45, 7) is 15.2. The molecule has 0 aromatic rings. The molecule has 0 N–H and O–H groups in total. The van der Waals surface area contributed by atoms with Gasteiger partial charge in [-0.15, -0.1) is 0 Å². The van der Waals surface area contributed by atoms with Gasteiger partial charge in [-0.05, 0) is 11.8 Å². The van der Waals surface area contributed by atoms with E-state index < -0.39 is 0 Å². The van der Waals surface area contributed by atoms with E-state index in [-0.39, 0.29) is 10.8 Å². The highest BCUT2D eigenvalue weighted by Crippen LogP contribution is 2.36. The van der Waals surface area contributed by atoms with E-state index >= 15 is 0 Å². The predicted octanol–water partition coefficient (Wildman–Crippen LogP) is 2.36. The van der Waals surface area contributed by atoms with Crippen molar-refractivity contribution in [2.75, 3.05) is 52.9 Å². The molecule has 0 radical (unpaired) electrons. The fraction of sp³-hybridized carbons (Fsp3) is 1.00. The third-order valence-corrected chi connectivity index (χ3v) is 5.16. The largest absolute Gasteiger partial charge is 0.380 e. The van der Waals surface area contributed by atoms with Crippen molar-refractivity contribution in [2.45, 2.75) is 27.7 Å². The summed E-state index contributed by atoms with van der Waals surface area (Å²) < 4.78 is 22.3. The van der Waals surface area contributed by atoms with Crippen molar-refractivity contribution in [3.63, 3.8) is 0 Å². The van der Waals surface area contributed by atoms with Gasteiger partial charge in [0.25, 0.3) is 0 Å². The summed E-state index contributed by atoms with van der Waals surface area (Å²) in [5.41, 5.74) is 0.474. The van der Waals surface area contributed by atoms with Crippen LogP contribution in [0.5, 0.6) is 0 Å². The normalized spacial score (nSPS) is 23.7. The molecule has 2 saturated heterocycles. The van der Waals surface area contributed by atoms with Gasteiger partial charge in [0, 0.05) is 10.8 Å². The van der Waals surface area contributed by atoms with Crippen LogP contribution in [0, 0.1) is 22.7 Å². The molecule has 0 unspecified atom stereocenters. The van der Waals surface area contributed by atoms with E-state index in [0.717, 1.165) is 39.6 Å². The monoisotopic (exact) mass is 286 g/mol. The third kappa shape index (κ3) is 3.35. The zero-order valence-corrected chi connectivity index (χ0v) is 13.4. The van der Waals surface area contributed by atoms with Gasteiger partial charge < -0.3 is 18.9 Å². The van der Waals surface area contributed by atoms with Crippen molar-refractivity contribution >= 4 is 0 Å². The van der Waals surface area contributed by atoms with Crippen molar-refractivity contribution in [1.82, 2.24) is 0 Å². The molecule has 0 aromatic heterocycles. The van der Waals surface area contributed by atoms with E-state index in [4.69, 9.17) is 18.9 Å². The summed E-state index contributed by atoms with van der Waals surface area (Å²) in [6.07, 6.45) is 0. The minimum atomic E-state index is 0.237. The molecule has 20 heavy (non-hydrogen) atoms. The van der Waals surface area contributed by atoms with Crippen LogP contribution in [-0.2, 0) is 18.9 Å². The van der Waals surface area contributed by atoms with Crippen LogP contribution in [0.1, 0.15) is 27.7 Å². The Kier molecular flexibility index (Phi) is 5.46. The van der Waals surface area contributed by atoms with Crippen LogP contribution in [-0.4, -0.2) is 52.9 Å². The van der Waals surface area contributed by atoms with Crippen LogP contribution in [0.4, 0.5) is 0 Å². The van der Waals surface area contributed by atoms with Gasteiger partial charge in [0.05, 0.1) is 52.9 Å². The number of rotatable bonds is 9. The topological polar surface area (TPSA) is 36.9 Å². The lowest BCUT2D eigenvalue weighted by Crippen LogP contribution is -2.51. The van der Waals surface area contributed by atoms with Crippen LogP contribution in [0.2, 0.25) is 0 Å². The average Bonchev–Trinajstić information content (AvgIpc) is 2.27. The smallest absolute Gasteiger partial charge is 0.0700 e. The molecule has 2 aliphatic heterocycles. The molecule has 0 aliphatic carbocycles. The Balaban J connectivity index is 1.56. The molecule has 118 valence electrons. The second-order valence-electron chi connectivity index (χ2n) is 7.12. The number of hydrogen-bond acceptors (Lipinski definition) is 4. The maximum Gasteiger partial charge on any atom is 0.0700 e. The maximum absolute atomic E-state index is 5.79. The lowest BCUT2D eigenvalue weighted by Gasteiger charge is -2.45. The molecule has 2 aliphatic rings. The van der Waals surface area contributed by atoms with Crippen LogP contribution in [0.3, 0.4) is 0 Å². The fourth-order valence-electron chi connectivity index (χ4n) is 2.56. The summed E-state index contributed by atoms with van der Waals surface area (Å²) >= 11 is 0. The molecular formula is C16H30O4. The summed E-state index contributed by atoms with van der Waals surface area (Å²) in [5, 5.41) is 0. The average molecular weight is 286 g/mol. The van der Waals surface area contributed by atoms with E-state index in [1.165, 1.54) is 0 Å². The predicted molar refractivity (Wildman–Crippen MR) is 77.8 cm³/mol. The Bertz CT molecular complexity index is 263. The maximum atomic E-state index is 5.79. The van der Waals surface area contributed by atoms with Crippen LogP contribution >= 0.6 is 0 Å². The first-order valence-corrected chi connectivity index (χ1v) is 7.82. The lowest BCUT2D eigenvalue weighted by atomic mass is 9.76. The van der Waals surface area contributed by atoms with Gasteiger partial charge in [-0.1, -0.05) is 27.7 Å². The highest BCUT2D eigenvalue weighted by Gasteiger charge is 2.42. The van der Waals surface area contributed by atoms with Crippen molar-refractivity contribution in [3.8, 4) is 0 Å². The summed E-state index contributed by atoms with van der Waals surface area (Å²) in [7, 11) is 0. The summed E-state index contributed by atoms with van der Waals surface area (Å²) in [5.74, 6) is 1.21. The molecule has 2 rings (SSSR count). The Hall–Kier alpha value is -0.160.